The number of fused-ring (bicyclic) bond motifs is 1. The standard InChI is InChI=1S/C19H18F2N2O3/c20-14-5-6-17-13(11-14)12-25-19(26-17)7-9-23(10-8-19)18(24)22-16-4-2-1-3-15(16)21/h1-6,11H,7-10,12H2,(H,22,24). The largest absolute Gasteiger partial charge is 0.462 e. The number of nitrogens with zero attached hydrogens (tertiary/aromatic N) is 1. The summed E-state index contributed by atoms with van der Waals surface area (Å²) in [6.45, 7) is 1.10. The molecule has 2 aromatic carbocycles. The van der Waals surface area contributed by atoms with E-state index in [-0.39, 0.29) is 24.1 Å². The highest BCUT2D eigenvalue weighted by molar-refractivity contribution is 5.89. The van der Waals surface area contributed by atoms with Crippen LogP contribution in [0.25, 0.3) is 0 Å². The average molecular weight is 360 g/mol. The predicted octanol–water partition coefficient (Wildman–Crippen LogP) is 3.90. The van der Waals surface area contributed by atoms with E-state index in [4.69, 9.17) is 9.47 Å². The third kappa shape index (κ3) is 3.22. The van der Waals surface area contributed by atoms with Crippen LogP contribution in [0.2, 0.25) is 0 Å². The van der Waals surface area contributed by atoms with Crippen molar-refractivity contribution < 1.29 is 23.0 Å². The molecule has 5 nitrogen and oxygen atoms in total. The minimum absolute atomic E-state index is 0.152. The van der Waals surface area contributed by atoms with E-state index in [1.807, 2.05) is 0 Å². The van der Waals surface area contributed by atoms with Crippen molar-refractivity contribution in [3.05, 3.63) is 59.7 Å². The van der Waals surface area contributed by atoms with Gasteiger partial charge < -0.3 is 19.7 Å². The summed E-state index contributed by atoms with van der Waals surface area (Å²) in [5.74, 6) is -0.995. The lowest BCUT2D eigenvalue weighted by Crippen LogP contribution is -2.53. The Morgan fingerprint density at radius 3 is 2.65 bits per heavy atom. The quantitative estimate of drug-likeness (QED) is 0.839. The van der Waals surface area contributed by atoms with Gasteiger partial charge in [0.05, 0.1) is 12.3 Å². The van der Waals surface area contributed by atoms with Gasteiger partial charge in [-0.05, 0) is 30.3 Å². The number of hydrogen-bond donors (Lipinski definition) is 1. The summed E-state index contributed by atoms with van der Waals surface area (Å²) >= 11 is 0. The van der Waals surface area contributed by atoms with Crippen molar-refractivity contribution in [3.63, 3.8) is 0 Å². The Kier molecular flexibility index (Phi) is 4.24. The normalized spacial score (nSPS) is 18.2. The van der Waals surface area contributed by atoms with Gasteiger partial charge in [0.25, 0.3) is 0 Å². The van der Waals surface area contributed by atoms with Crippen LogP contribution in [0.4, 0.5) is 19.3 Å². The van der Waals surface area contributed by atoms with Gasteiger partial charge in [0, 0.05) is 31.5 Å². The summed E-state index contributed by atoms with van der Waals surface area (Å²) in [6, 6.07) is 10.0. The maximum atomic E-state index is 13.7. The van der Waals surface area contributed by atoms with Gasteiger partial charge in [0.1, 0.15) is 17.4 Å². The molecule has 136 valence electrons. The molecule has 26 heavy (non-hydrogen) atoms. The molecule has 0 atom stereocenters. The van der Waals surface area contributed by atoms with E-state index in [9.17, 15) is 13.6 Å². The zero-order valence-electron chi connectivity index (χ0n) is 14.0. The zero-order valence-corrected chi connectivity index (χ0v) is 14.0. The number of urea groups is 1. The third-order valence-corrected chi connectivity index (χ3v) is 4.74. The Hall–Kier alpha value is -2.67. The smallest absolute Gasteiger partial charge is 0.321 e. The van der Waals surface area contributed by atoms with Crippen LogP contribution in [-0.2, 0) is 11.3 Å². The van der Waals surface area contributed by atoms with Crippen molar-refractivity contribution >= 4 is 11.7 Å². The van der Waals surface area contributed by atoms with E-state index in [2.05, 4.69) is 5.32 Å². The number of rotatable bonds is 1. The molecular formula is C19H18F2N2O3. The van der Waals surface area contributed by atoms with Crippen molar-refractivity contribution in [2.24, 2.45) is 0 Å². The molecule has 1 saturated heterocycles. The van der Waals surface area contributed by atoms with E-state index in [0.29, 0.717) is 37.2 Å². The summed E-state index contributed by atoms with van der Waals surface area (Å²) in [6.07, 6.45) is 0.961. The summed E-state index contributed by atoms with van der Waals surface area (Å²) in [4.78, 5) is 14.0. The second-order valence-corrected chi connectivity index (χ2v) is 6.45. The minimum Gasteiger partial charge on any atom is -0.462 e. The number of nitrogens with one attached hydrogen (secondary N) is 1. The molecule has 1 fully saturated rings. The first kappa shape index (κ1) is 16.8. The van der Waals surface area contributed by atoms with Gasteiger partial charge in [0.15, 0.2) is 0 Å². The molecule has 0 bridgehead atoms. The molecule has 2 amide bonds. The third-order valence-electron chi connectivity index (χ3n) is 4.74. The van der Waals surface area contributed by atoms with Crippen LogP contribution in [0.1, 0.15) is 18.4 Å². The lowest BCUT2D eigenvalue weighted by molar-refractivity contribution is -0.225. The van der Waals surface area contributed by atoms with Crippen LogP contribution in [-0.4, -0.2) is 29.8 Å². The number of para-hydroxylation sites is 1. The number of hydrogen-bond acceptors (Lipinski definition) is 3. The summed E-state index contributed by atoms with van der Waals surface area (Å²) in [5.41, 5.74) is 0.828. The maximum Gasteiger partial charge on any atom is 0.321 e. The first-order valence-corrected chi connectivity index (χ1v) is 8.47. The topological polar surface area (TPSA) is 50.8 Å². The first-order chi connectivity index (χ1) is 12.5. The number of benzene rings is 2. The monoisotopic (exact) mass is 360 g/mol. The molecule has 2 heterocycles. The van der Waals surface area contributed by atoms with Crippen LogP contribution in [0.15, 0.2) is 42.5 Å². The first-order valence-electron chi connectivity index (χ1n) is 8.47. The lowest BCUT2D eigenvalue weighted by atomic mass is 10.0. The van der Waals surface area contributed by atoms with Gasteiger partial charge in [-0.15, -0.1) is 0 Å². The highest BCUT2D eigenvalue weighted by Crippen LogP contribution is 2.37. The fourth-order valence-electron chi connectivity index (χ4n) is 3.25. The number of carbonyl (C=O) groups is 1. The SMILES string of the molecule is O=C(Nc1ccccc1F)N1CCC2(CC1)OCc1cc(F)ccc1O2. The van der Waals surface area contributed by atoms with Crippen LogP contribution in [0.5, 0.6) is 5.75 Å². The number of piperidine rings is 1. The second kappa shape index (κ2) is 6.57. The number of anilines is 1. The Morgan fingerprint density at radius 1 is 1.12 bits per heavy atom. The van der Waals surface area contributed by atoms with Crippen LogP contribution in [0, 0.1) is 11.6 Å². The summed E-state index contributed by atoms with van der Waals surface area (Å²) in [7, 11) is 0. The number of ether oxygens (including phenoxy) is 2. The van der Waals surface area contributed by atoms with E-state index in [0.717, 1.165) is 0 Å². The molecule has 2 aliphatic rings. The molecule has 0 unspecified atom stereocenters. The average Bonchev–Trinajstić information content (AvgIpc) is 2.64. The van der Waals surface area contributed by atoms with Crippen molar-refractivity contribution in [2.75, 3.05) is 18.4 Å². The molecule has 0 radical (unpaired) electrons. The van der Waals surface area contributed by atoms with Gasteiger partial charge >= 0.3 is 6.03 Å². The number of likely N-dealkylation sites (tertiary alicyclic amines) is 1. The van der Waals surface area contributed by atoms with Gasteiger partial charge in [-0.25, -0.2) is 13.6 Å². The summed E-state index contributed by atoms with van der Waals surface area (Å²) < 4.78 is 38.8. The molecule has 0 saturated carbocycles. The molecule has 0 aliphatic carbocycles. The van der Waals surface area contributed by atoms with Gasteiger partial charge in [-0.3, -0.25) is 0 Å². The molecular weight excluding hydrogens is 342 g/mol. The van der Waals surface area contributed by atoms with E-state index in [1.165, 1.54) is 24.3 Å². The molecule has 1 N–H and O–H groups in total. The Morgan fingerprint density at radius 2 is 1.88 bits per heavy atom. The maximum absolute atomic E-state index is 13.7. The van der Waals surface area contributed by atoms with Crippen molar-refractivity contribution in [2.45, 2.75) is 25.2 Å². The van der Waals surface area contributed by atoms with Crippen LogP contribution in [0.3, 0.4) is 0 Å². The molecule has 2 aliphatic heterocycles. The molecule has 4 rings (SSSR count). The van der Waals surface area contributed by atoms with E-state index in [1.54, 1.807) is 23.1 Å². The van der Waals surface area contributed by atoms with Gasteiger partial charge in [-0.1, -0.05) is 12.1 Å². The number of carbonyl (C=O) groups excluding carboxylic acids is 1. The second-order valence-electron chi connectivity index (χ2n) is 6.45. The highest BCUT2D eigenvalue weighted by Gasteiger charge is 2.42. The van der Waals surface area contributed by atoms with E-state index >= 15 is 0 Å². The molecule has 0 aromatic heterocycles. The molecule has 2 aromatic rings. The summed E-state index contributed by atoms with van der Waals surface area (Å²) in [5, 5.41) is 2.58. The van der Waals surface area contributed by atoms with Crippen molar-refractivity contribution in [1.29, 1.82) is 0 Å². The molecule has 1 spiro atoms. The van der Waals surface area contributed by atoms with Crippen molar-refractivity contribution in [1.82, 2.24) is 4.90 Å². The highest BCUT2D eigenvalue weighted by atomic mass is 19.1. The minimum atomic E-state index is -0.806. The Balaban J connectivity index is 1.39. The Labute approximate surface area is 149 Å². The Bertz CT molecular complexity index is 835. The number of amides is 2. The molecule has 7 heteroatoms. The predicted molar refractivity (Wildman–Crippen MR) is 90.8 cm³/mol. The fraction of sp³-hybridized carbons (Fsp3) is 0.316. The number of halogens is 2. The van der Waals surface area contributed by atoms with Crippen LogP contribution >= 0.6 is 0 Å². The van der Waals surface area contributed by atoms with Gasteiger partial charge in [-0.2, -0.15) is 0 Å². The van der Waals surface area contributed by atoms with Crippen molar-refractivity contribution in [3.8, 4) is 5.75 Å². The lowest BCUT2D eigenvalue weighted by Gasteiger charge is -2.43. The fourth-order valence-corrected chi connectivity index (χ4v) is 3.25. The van der Waals surface area contributed by atoms with E-state index < -0.39 is 11.6 Å². The van der Waals surface area contributed by atoms with Crippen LogP contribution < -0.4 is 10.1 Å². The zero-order chi connectivity index (χ0) is 18.1. The van der Waals surface area contributed by atoms with Gasteiger partial charge in [0.2, 0.25) is 5.79 Å².